The lowest BCUT2D eigenvalue weighted by atomic mass is 10.3. The molecular formula is C11H10N2O3. The molecule has 0 amide bonds. The number of nitrogens with zero attached hydrogens (tertiary/aromatic N) is 2. The number of hydrogen-bond acceptors (Lipinski definition) is 3. The highest BCUT2D eigenvalue weighted by Gasteiger charge is 2.17. The van der Waals surface area contributed by atoms with Gasteiger partial charge < -0.3 is 9.84 Å². The van der Waals surface area contributed by atoms with Gasteiger partial charge in [0.15, 0.2) is 5.69 Å². The predicted octanol–water partition coefficient (Wildman–Crippen LogP) is 1.58. The van der Waals surface area contributed by atoms with E-state index in [1.165, 1.54) is 17.9 Å². The molecule has 0 unspecified atom stereocenters. The lowest BCUT2D eigenvalue weighted by Crippen LogP contribution is -2.07. The van der Waals surface area contributed by atoms with Gasteiger partial charge in [0.05, 0.1) is 19.0 Å². The highest BCUT2D eigenvalue weighted by Crippen LogP contribution is 2.19. The summed E-state index contributed by atoms with van der Waals surface area (Å²) in [7, 11) is 1.45. The third-order valence-electron chi connectivity index (χ3n) is 2.15. The number of carbonyl (C=O) groups is 1. The molecule has 0 atom stereocenters. The average molecular weight is 218 g/mol. The number of carboxylic acids is 1. The Labute approximate surface area is 91.9 Å². The third-order valence-corrected chi connectivity index (χ3v) is 2.15. The van der Waals surface area contributed by atoms with Gasteiger partial charge in [-0.15, -0.1) is 0 Å². The smallest absolute Gasteiger partial charge is 0.354 e. The van der Waals surface area contributed by atoms with Crippen molar-refractivity contribution in [3.8, 4) is 11.7 Å². The third kappa shape index (κ3) is 1.63. The maximum atomic E-state index is 11.0. The average Bonchev–Trinajstić information content (AvgIpc) is 2.73. The molecule has 0 saturated carbocycles. The molecule has 0 radical (unpaired) electrons. The van der Waals surface area contributed by atoms with Crippen molar-refractivity contribution in [1.82, 2.24) is 9.55 Å². The molecular weight excluding hydrogens is 208 g/mol. The number of imidazole rings is 1. The summed E-state index contributed by atoms with van der Waals surface area (Å²) in [6.45, 7) is 0. The Kier molecular flexibility index (Phi) is 2.59. The summed E-state index contributed by atoms with van der Waals surface area (Å²) in [4.78, 5) is 14.9. The first-order valence-corrected chi connectivity index (χ1v) is 4.64. The van der Waals surface area contributed by atoms with Crippen molar-refractivity contribution in [2.75, 3.05) is 7.11 Å². The van der Waals surface area contributed by atoms with Crippen LogP contribution in [0.1, 0.15) is 10.5 Å². The van der Waals surface area contributed by atoms with Gasteiger partial charge in [-0.1, -0.05) is 18.2 Å². The van der Waals surface area contributed by atoms with Crippen LogP contribution in [0.3, 0.4) is 0 Å². The van der Waals surface area contributed by atoms with E-state index in [0.717, 1.165) is 0 Å². The van der Waals surface area contributed by atoms with Crippen LogP contribution >= 0.6 is 0 Å². The minimum absolute atomic E-state index is 0.0723. The van der Waals surface area contributed by atoms with Gasteiger partial charge in [-0.05, 0) is 12.1 Å². The van der Waals surface area contributed by atoms with Crippen molar-refractivity contribution >= 4 is 5.97 Å². The summed E-state index contributed by atoms with van der Waals surface area (Å²) in [6, 6.07) is 9.32. The molecule has 2 rings (SSSR count). The van der Waals surface area contributed by atoms with Crippen molar-refractivity contribution in [3.05, 3.63) is 42.2 Å². The minimum Gasteiger partial charge on any atom is -0.477 e. The van der Waals surface area contributed by atoms with Gasteiger partial charge in [0.25, 0.3) is 0 Å². The zero-order valence-corrected chi connectivity index (χ0v) is 8.62. The van der Waals surface area contributed by atoms with Crippen LogP contribution in [0.2, 0.25) is 0 Å². The molecule has 1 heterocycles. The number of para-hydroxylation sites is 1. The quantitative estimate of drug-likeness (QED) is 0.849. The van der Waals surface area contributed by atoms with Crippen LogP contribution in [0.25, 0.3) is 5.69 Å². The summed E-state index contributed by atoms with van der Waals surface area (Å²) < 4.78 is 6.47. The van der Waals surface area contributed by atoms with Crippen LogP contribution in [0, 0.1) is 0 Å². The van der Waals surface area contributed by atoms with Gasteiger partial charge in [0.2, 0.25) is 0 Å². The van der Waals surface area contributed by atoms with E-state index in [-0.39, 0.29) is 11.7 Å². The Bertz CT molecular complexity index is 505. The molecule has 0 aliphatic carbocycles. The van der Waals surface area contributed by atoms with Gasteiger partial charge >= 0.3 is 12.0 Å². The van der Waals surface area contributed by atoms with E-state index in [1.54, 1.807) is 12.1 Å². The number of carboxylic acid groups (broad SMARTS) is 1. The van der Waals surface area contributed by atoms with Gasteiger partial charge in [0.1, 0.15) is 0 Å². The second-order valence-corrected chi connectivity index (χ2v) is 3.11. The lowest BCUT2D eigenvalue weighted by Gasteiger charge is -2.07. The molecule has 0 aliphatic heterocycles. The van der Waals surface area contributed by atoms with E-state index in [9.17, 15) is 4.79 Å². The summed E-state index contributed by atoms with van der Waals surface area (Å²) in [5, 5.41) is 9.02. The van der Waals surface area contributed by atoms with Gasteiger partial charge in [0, 0.05) is 0 Å². The molecule has 0 spiro atoms. The number of aromatic nitrogens is 2. The second kappa shape index (κ2) is 4.06. The highest BCUT2D eigenvalue weighted by molar-refractivity contribution is 5.86. The summed E-state index contributed by atoms with van der Waals surface area (Å²) in [5.74, 6) is -1.04. The predicted molar refractivity (Wildman–Crippen MR) is 57.1 cm³/mol. The molecule has 0 fully saturated rings. The van der Waals surface area contributed by atoms with Crippen LogP contribution in [0.15, 0.2) is 36.5 Å². The van der Waals surface area contributed by atoms with Gasteiger partial charge in [-0.25, -0.2) is 9.78 Å². The zero-order valence-electron chi connectivity index (χ0n) is 8.62. The maximum absolute atomic E-state index is 11.0. The summed E-state index contributed by atoms with van der Waals surface area (Å²) in [5.41, 5.74) is 0.775. The number of ether oxygens (including phenoxy) is 1. The molecule has 0 bridgehead atoms. The van der Waals surface area contributed by atoms with Crippen LogP contribution in [-0.4, -0.2) is 27.7 Å². The van der Waals surface area contributed by atoms with E-state index < -0.39 is 5.97 Å². The molecule has 16 heavy (non-hydrogen) atoms. The van der Waals surface area contributed by atoms with Crippen LogP contribution < -0.4 is 4.74 Å². The number of methoxy groups -OCH3 is 1. The SMILES string of the molecule is COc1ncc(C(=O)O)n1-c1ccccc1. The molecule has 0 aliphatic rings. The molecule has 1 N–H and O–H groups in total. The van der Waals surface area contributed by atoms with Crippen molar-refractivity contribution < 1.29 is 14.6 Å². The van der Waals surface area contributed by atoms with Crippen molar-refractivity contribution in [2.45, 2.75) is 0 Å². The molecule has 5 nitrogen and oxygen atoms in total. The Morgan fingerprint density at radius 1 is 1.38 bits per heavy atom. The molecule has 1 aromatic carbocycles. The fourth-order valence-corrected chi connectivity index (χ4v) is 1.46. The number of hydrogen-bond donors (Lipinski definition) is 1. The first-order valence-electron chi connectivity index (χ1n) is 4.64. The molecule has 1 aromatic heterocycles. The van der Waals surface area contributed by atoms with Crippen molar-refractivity contribution in [1.29, 1.82) is 0 Å². The number of rotatable bonds is 3. The first kappa shape index (κ1) is 10.2. The van der Waals surface area contributed by atoms with Crippen LogP contribution in [-0.2, 0) is 0 Å². The Hall–Kier alpha value is -2.30. The Balaban J connectivity index is 2.62. The normalized spacial score (nSPS) is 10.1. The Morgan fingerprint density at radius 3 is 2.62 bits per heavy atom. The van der Waals surface area contributed by atoms with E-state index in [0.29, 0.717) is 5.69 Å². The van der Waals surface area contributed by atoms with E-state index in [1.807, 2.05) is 18.2 Å². The van der Waals surface area contributed by atoms with Gasteiger partial charge in [-0.2, -0.15) is 0 Å². The van der Waals surface area contributed by atoms with Crippen molar-refractivity contribution in [2.24, 2.45) is 0 Å². The number of benzene rings is 1. The second-order valence-electron chi connectivity index (χ2n) is 3.11. The van der Waals surface area contributed by atoms with E-state index >= 15 is 0 Å². The maximum Gasteiger partial charge on any atom is 0.354 e. The summed E-state index contributed by atoms with van der Waals surface area (Å²) in [6.07, 6.45) is 1.27. The van der Waals surface area contributed by atoms with E-state index in [4.69, 9.17) is 9.84 Å². The highest BCUT2D eigenvalue weighted by atomic mass is 16.5. The fraction of sp³-hybridized carbons (Fsp3) is 0.0909. The Morgan fingerprint density at radius 2 is 2.06 bits per heavy atom. The monoisotopic (exact) mass is 218 g/mol. The first-order chi connectivity index (χ1) is 7.74. The topological polar surface area (TPSA) is 64.3 Å². The largest absolute Gasteiger partial charge is 0.477 e. The van der Waals surface area contributed by atoms with Gasteiger partial charge in [-0.3, -0.25) is 4.57 Å². The molecule has 5 heteroatoms. The lowest BCUT2D eigenvalue weighted by molar-refractivity contribution is 0.0687. The van der Waals surface area contributed by atoms with Crippen molar-refractivity contribution in [3.63, 3.8) is 0 Å². The minimum atomic E-state index is -1.04. The standard InChI is InChI=1S/C11H10N2O3/c1-16-11-12-7-9(10(14)15)13(11)8-5-3-2-4-6-8/h2-7H,1H3,(H,14,15). The number of aromatic carboxylic acids is 1. The molecule has 0 saturated heterocycles. The van der Waals surface area contributed by atoms with Crippen LogP contribution in [0.4, 0.5) is 0 Å². The van der Waals surface area contributed by atoms with Crippen LogP contribution in [0.5, 0.6) is 6.01 Å². The zero-order chi connectivity index (χ0) is 11.5. The molecule has 82 valence electrons. The molecule has 2 aromatic rings. The van der Waals surface area contributed by atoms with E-state index in [2.05, 4.69) is 4.98 Å². The fourth-order valence-electron chi connectivity index (χ4n) is 1.46. The summed E-state index contributed by atoms with van der Waals surface area (Å²) >= 11 is 0.